The number of hydrogen-bond donors (Lipinski definition) is 1. The fourth-order valence-electron chi connectivity index (χ4n) is 1.64. The number of aryl methyl sites for hydroxylation is 1. The van der Waals surface area contributed by atoms with Crippen molar-refractivity contribution in [2.24, 2.45) is 0 Å². The average molecular weight is 268 g/mol. The quantitative estimate of drug-likeness (QED) is 0.878. The van der Waals surface area contributed by atoms with E-state index >= 15 is 0 Å². The van der Waals surface area contributed by atoms with E-state index in [9.17, 15) is 13.5 Å². The SMILES string of the molecule is Cc1cccc(S(=O)(=O)N(C)C[C@H](C)O)c1C#N. The molecule has 0 heterocycles. The molecule has 0 aromatic heterocycles. The third-order valence-corrected chi connectivity index (χ3v) is 4.42. The van der Waals surface area contributed by atoms with E-state index in [1.165, 1.54) is 20.0 Å². The second kappa shape index (κ2) is 5.48. The predicted molar refractivity (Wildman–Crippen MR) is 67.4 cm³/mol. The van der Waals surface area contributed by atoms with Gasteiger partial charge in [-0.15, -0.1) is 0 Å². The minimum Gasteiger partial charge on any atom is -0.392 e. The van der Waals surface area contributed by atoms with Crippen LogP contribution in [0.1, 0.15) is 18.1 Å². The van der Waals surface area contributed by atoms with Gasteiger partial charge in [0.25, 0.3) is 0 Å². The van der Waals surface area contributed by atoms with Crippen molar-refractivity contribution in [1.82, 2.24) is 4.31 Å². The van der Waals surface area contributed by atoms with E-state index in [1.807, 2.05) is 6.07 Å². The Bertz CT molecular complexity index is 573. The van der Waals surface area contributed by atoms with Gasteiger partial charge in [0.1, 0.15) is 11.0 Å². The van der Waals surface area contributed by atoms with Crippen LogP contribution in [-0.4, -0.2) is 37.5 Å². The third kappa shape index (κ3) is 2.88. The Hall–Kier alpha value is -1.42. The molecule has 18 heavy (non-hydrogen) atoms. The molecule has 0 aliphatic rings. The topological polar surface area (TPSA) is 81.4 Å². The largest absolute Gasteiger partial charge is 0.392 e. The Labute approximate surface area is 107 Å². The van der Waals surface area contributed by atoms with Crippen molar-refractivity contribution < 1.29 is 13.5 Å². The molecular weight excluding hydrogens is 252 g/mol. The standard InChI is InChI=1S/C12H16N2O3S/c1-9-5-4-6-12(11(9)7-13)18(16,17)14(3)8-10(2)15/h4-6,10,15H,8H2,1-3H3/t10-/m0/s1. The molecule has 1 N–H and O–H groups in total. The first-order valence-corrected chi connectivity index (χ1v) is 6.88. The zero-order valence-corrected chi connectivity index (χ0v) is 11.4. The first kappa shape index (κ1) is 14.6. The van der Waals surface area contributed by atoms with Gasteiger partial charge in [-0.3, -0.25) is 0 Å². The lowest BCUT2D eigenvalue weighted by Crippen LogP contribution is -2.33. The summed E-state index contributed by atoms with van der Waals surface area (Å²) in [5.41, 5.74) is 0.763. The highest BCUT2D eigenvalue weighted by molar-refractivity contribution is 7.89. The van der Waals surface area contributed by atoms with Crippen LogP contribution in [-0.2, 0) is 10.0 Å². The molecule has 1 atom stereocenters. The van der Waals surface area contributed by atoms with Crippen molar-refractivity contribution >= 4 is 10.0 Å². The molecule has 0 aliphatic carbocycles. The van der Waals surface area contributed by atoms with Gasteiger partial charge >= 0.3 is 0 Å². The van der Waals surface area contributed by atoms with Crippen LogP contribution in [0.5, 0.6) is 0 Å². The number of benzene rings is 1. The maximum absolute atomic E-state index is 12.3. The molecular formula is C12H16N2O3S. The minimum absolute atomic E-state index is 0.0128. The van der Waals surface area contributed by atoms with E-state index in [4.69, 9.17) is 5.26 Å². The van der Waals surface area contributed by atoms with Crippen LogP contribution in [0.25, 0.3) is 0 Å². The van der Waals surface area contributed by atoms with E-state index in [-0.39, 0.29) is 17.0 Å². The summed E-state index contributed by atoms with van der Waals surface area (Å²) in [6.07, 6.45) is -0.764. The van der Waals surface area contributed by atoms with Crippen LogP contribution in [0.15, 0.2) is 23.1 Å². The highest BCUT2D eigenvalue weighted by atomic mass is 32.2. The fourth-order valence-corrected chi connectivity index (χ4v) is 3.10. The molecule has 0 aliphatic heterocycles. The summed E-state index contributed by atoms with van der Waals surface area (Å²) >= 11 is 0. The first-order chi connectivity index (χ1) is 8.30. The van der Waals surface area contributed by atoms with Crippen LogP contribution in [0.3, 0.4) is 0 Å². The summed E-state index contributed by atoms with van der Waals surface area (Å²) in [5.74, 6) is 0. The zero-order chi connectivity index (χ0) is 13.9. The molecule has 98 valence electrons. The van der Waals surface area contributed by atoms with Gasteiger partial charge in [0.15, 0.2) is 0 Å². The Morgan fingerprint density at radius 3 is 2.61 bits per heavy atom. The van der Waals surface area contributed by atoms with Crippen molar-refractivity contribution in [2.45, 2.75) is 24.8 Å². The molecule has 1 rings (SSSR count). The van der Waals surface area contributed by atoms with E-state index in [0.717, 1.165) is 4.31 Å². The molecule has 0 saturated heterocycles. The van der Waals surface area contributed by atoms with E-state index < -0.39 is 16.1 Å². The summed E-state index contributed by atoms with van der Waals surface area (Å²) in [7, 11) is -2.37. The molecule has 0 amide bonds. The average Bonchev–Trinajstić information content (AvgIpc) is 2.27. The van der Waals surface area contributed by atoms with Gasteiger partial charge in [-0.2, -0.15) is 9.57 Å². The van der Waals surface area contributed by atoms with E-state index in [1.54, 1.807) is 19.1 Å². The van der Waals surface area contributed by atoms with Crippen LogP contribution in [0.2, 0.25) is 0 Å². The maximum atomic E-state index is 12.3. The summed E-state index contributed by atoms with van der Waals surface area (Å²) in [4.78, 5) is -0.0202. The lowest BCUT2D eigenvalue weighted by molar-refractivity contribution is 0.171. The van der Waals surface area contributed by atoms with Gasteiger partial charge in [-0.1, -0.05) is 12.1 Å². The minimum atomic E-state index is -3.75. The van der Waals surface area contributed by atoms with Gasteiger partial charge in [-0.05, 0) is 25.5 Å². The molecule has 0 unspecified atom stereocenters. The highest BCUT2D eigenvalue weighted by Crippen LogP contribution is 2.21. The number of aliphatic hydroxyl groups is 1. The Balaban J connectivity index is 3.30. The van der Waals surface area contributed by atoms with Gasteiger partial charge in [0.2, 0.25) is 10.0 Å². The molecule has 0 fully saturated rings. The highest BCUT2D eigenvalue weighted by Gasteiger charge is 2.25. The van der Waals surface area contributed by atoms with Gasteiger partial charge in [-0.25, -0.2) is 8.42 Å². The molecule has 0 spiro atoms. The normalized spacial score (nSPS) is 13.3. The zero-order valence-electron chi connectivity index (χ0n) is 10.6. The lowest BCUT2D eigenvalue weighted by atomic mass is 10.1. The van der Waals surface area contributed by atoms with Crippen molar-refractivity contribution in [1.29, 1.82) is 5.26 Å². The maximum Gasteiger partial charge on any atom is 0.244 e. The number of rotatable bonds is 4. The molecule has 0 radical (unpaired) electrons. The van der Waals surface area contributed by atoms with Crippen LogP contribution in [0.4, 0.5) is 0 Å². The number of aliphatic hydroxyl groups excluding tert-OH is 1. The molecule has 1 aromatic carbocycles. The molecule has 5 nitrogen and oxygen atoms in total. The van der Waals surface area contributed by atoms with Gasteiger partial charge < -0.3 is 5.11 Å². The Morgan fingerprint density at radius 2 is 2.11 bits per heavy atom. The van der Waals surface area contributed by atoms with Crippen LogP contribution in [0, 0.1) is 18.3 Å². The second-order valence-corrected chi connectivity index (χ2v) is 6.21. The third-order valence-electron chi connectivity index (χ3n) is 2.56. The van der Waals surface area contributed by atoms with Crippen molar-refractivity contribution in [3.05, 3.63) is 29.3 Å². The Kier molecular flexibility index (Phi) is 4.46. The van der Waals surface area contributed by atoms with Crippen molar-refractivity contribution in [2.75, 3.05) is 13.6 Å². The number of likely N-dealkylation sites (N-methyl/N-ethyl adjacent to an activating group) is 1. The Morgan fingerprint density at radius 1 is 1.50 bits per heavy atom. The lowest BCUT2D eigenvalue weighted by Gasteiger charge is -2.19. The van der Waals surface area contributed by atoms with Gasteiger partial charge in [0.05, 0.1) is 11.7 Å². The summed E-state index contributed by atoms with van der Waals surface area (Å²) in [6, 6.07) is 6.60. The predicted octanol–water partition coefficient (Wildman–Crippen LogP) is 0.868. The summed E-state index contributed by atoms with van der Waals surface area (Å²) in [5, 5.41) is 18.3. The van der Waals surface area contributed by atoms with E-state index in [0.29, 0.717) is 5.56 Å². The van der Waals surface area contributed by atoms with Gasteiger partial charge in [0, 0.05) is 13.6 Å². The first-order valence-electron chi connectivity index (χ1n) is 5.44. The van der Waals surface area contributed by atoms with Crippen LogP contribution >= 0.6 is 0 Å². The fraction of sp³-hybridized carbons (Fsp3) is 0.417. The van der Waals surface area contributed by atoms with Crippen molar-refractivity contribution in [3.63, 3.8) is 0 Å². The monoisotopic (exact) mass is 268 g/mol. The van der Waals surface area contributed by atoms with Crippen molar-refractivity contribution in [3.8, 4) is 6.07 Å². The molecule has 0 saturated carbocycles. The number of nitriles is 1. The number of nitrogens with zero attached hydrogens (tertiary/aromatic N) is 2. The molecule has 0 bridgehead atoms. The van der Waals surface area contributed by atoms with Crippen LogP contribution < -0.4 is 0 Å². The number of hydrogen-bond acceptors (Lipinski definition) is 4. The number of sulfonamides is 1. The molecule has 1 aromatic rings. The van der Waals surface area contributed by atoms with E-state index in [2.05, 4.69) is 0 Å². The second-order valence-electron chi connectivity index (χ2n) is 4.19. The molecule has 6 heteroatoms. The summed E-state index contributed by atoms with van der Waals surface area (Å²) < 4.78 is 25.6. The smallest absolute Gasteiger partial charge is 0.244 e. The summed E-state index contributed by atoms with van der Waals surface area (Å²) in [6.45, 7) is 3.18.